The zero-order valence-electron chi connectivity index (χ0n) is 10.6. The van der Waals surface area contributed by atoms with Gasteiger partial charge in [0, 0.05) is 11.2 Å². The smallest absolute Gasteiger partial charge is 0.122 e. The lowest BCUT2D eigenvalue weighted by Gasteiger charge is -2.29. The number of para-hydroxylation sites is 1. The van der Waals surface area contributed by atoms with Gasteiger partial charge in [-0.3, -0.25) is 0 Å². The summed E-state index contributed by atoms with van der Waals surface area (Å²) in [4.78, 5) is 0. The standard InChI is InChI=1S/C14H21BrO/c1-11-7-5-6-8-13(11)16-10-12(9-15)14(2,3)4/h5-8,12H,9-10H2,1-4H3. The van der Waals surface area contributed by atoms with E-state index in [2.05, 4.69) is 49.7 Å². The zero-order valence-corrected chi connectivity index (χ0v) is 12.2. The van der Waals surface area contributed by atoms with E-state index in [0.717, 1.165) is 17.7 Å². The first-order valence-electron chi connectivity index (χ1n) is 5.69. The van der Waals surface area contributed by atoms with Crippen LogP contribution in [-0.2, 0) is 0 Å². The fourth-order valence-corrected chi connectivity index (χ4v) is 2.59. The lowest BCUT2D eigenvalue weighted by Crippen LogP contribution is -2.28. The molecule has 0 spiro atoms. The first-order chi connectivity index (χ1) is 7.45. The molecule has 90 valence electrons. The summed E-state index contributed by atoms with van der Waals surface area (Å²) in [5.74, 6) is 1.52. The van der Waals surface area contributed by atoms with Crippen molar-refractivity contribution in [2.75, 3.05) is 11.9 Å². The topological polar surface area (TPSA) is 9.23 Å². The van der Waals surface area contributed by atoms with Crippen molar-refractivity contribution in [3.05, 3.63) is 29.8 Å². The number of ether oxygens (including phenoxy) is 1. The Labute approximate surface area is 107 Å². The van der Waals surface area contributed by atoms with E-state index in [0.29, 0.717) is 5.92 Å². The molecule has 1 rings (SSSR count). The van der Waals surface area contributed by atoms with Crippen LogP contribution in [0, 0.1) is 18.3 Å². The van der Waals surface area contributed by atoms with E-state index in [9.17, 15) is 0 Å². The van der Waals surface area contributed by atoms with Crippen LogP contribution in [-0.4, -0.2) is 11.9 Å². The molecule has 1 aromatic rings. The predicted octanol–water partition coefficient (Wildman–Crippen LogP) is 4.43. The summed E-state index contributed by atoms with van der Waals surface area (Å²) in [6.07, 6.45) is 0. The fourth-order valence-electron chi connectivity index (χ4n) is 1.43. The van der Waals surface area contributed by atoms with E-state index < -0.39 is 0 Å². The summed E-state index contributed by atoms with van der Waals surface area (Å²) in [7, 11) is 0. The van der Waals surface area contributed by atoms with E-state index in [-0.39, 0.29) is 5.41 Å². The van der Waals surface area contributed by atoms with Gasteiger partial charge in [-0.15, -0.1) is 0 Å². The van der Waals surface area contributed by atoms with Crippen LogP contribution in [0.25, 0.3) is 0 Å². The predicted molar refractivity (Wildman–Crippen MR) is 73.4 cm³/mol. The van der Waals surface area contributed by atoms with Crippen molar-refractivity contribution < 1.29 is 4.74 Å². The van der Waals surface area contributed by atoms with Gasteiger partial charge in [0.05, 0.1) is 6.61 Å². The number of halogens is 1. The Morgan fingerprint density at radius 2 is 1.88 bits per heavy atom. The molecule has 0 aliphatic rings. The average molecular weight is 285 g/mol. The van der Waals surface area contributed by atoms with E-state index in [4.69, 9.17) is 4.74 Å². The average Bonchev–Trinajstić information content (AvgIpc) is 2.19. The normalized spacial score (nSPS) is 13.6. The summed E-state index contributed by atoms with van der Waals surface area (Å²) in [5.41, 5.74) is 1.47. The minimum absolute atomic E-state index is 0.270. The van der Waals surface area contributed by atoms with E-state index in [1.54, 1.807) is 0 Å². The van der Waals surface area contributed by atoms with E-state index in [1.807, 2.05) is 18.2 Å². The van der Waals surface area contributed by atoms with Crippen molar-refractivity contribution in [2.24, 2.45) is 11.3 Å². The van der Waals surface area contributed by atoms with Crippen LogP contribution in [0.1, 0.15) is 26.3 Å². The molecule has 0 bridgehead atoms. The van der Waals surface area contributed by atoms with E-state index >= 15 is 0 Å². The van der Waals surface area contributed by atoms with Crippen LogP contribution in [0.2, 0.25) is 0 Å². The molecule has 0 radical (unpaired) electrons. The van der Waals surface area contributed by atoms with Gasteiger partial charge in [-0.1, -0.05) is 54.9 Å². The van der Waals surface area contributed by atoms with Gasteiger partial charge in [-0.2, -0.15) is 0 Å². The highest BCUT2D eigenvalue weighted by Gasteiger charge is 2.24. The molecule has 0 aliphatic carbocycles. The molecule has 1 nitrogen and oxygen atoms in total. The van der Waals surface area contributed by atoms with Gasteiger partial charge in [0.25, 0.3) is 0 Å². The Morgan fingerprint density at radius 3 is 2.38 bits per heavy atom. The minimum Gasteiger partial charge on any atom is -0.493 e. The van der Waals surface area contributed by atoms with Gasteiger partial charge in [0.15, 0.2) is 0 Å². The highest BCUT2D eigenvalue weighted by Crippen LogP contribution is 2.28. The Hall–Kier alpha value is -0.500. The fraction of sp³-hybridized carbons (Fsp3) is 0.571. The van der Waals surface area contributed by atoms with Gasteiger partial charge in [0.2, 0.25) is 0 Å². The third-order valence-corrected chi connectivity index (χ3v) is 3.73. The molecule has 0 saturated carbocycles. The molecular weight excluding hydrogens is 264 g/mol. The van der Waals surface area contributed by atoms with Crippen LogP contribution in [0.15, 0.2) is 24.3 Å². The van der Waals surface area contributed by atoms with Crippen molar-refractivity contribution in [1.29, 1.82) is 0 Å². The molecule has 1 atom stereocenters. The number of rotatable bonds is 4. The van der Waals surface area contributed by atoms with Crippen molar-refractivity contribution >= 4 is 15.9 Å². The molecule has 0 aliphatic heterocycles. The summed E-state index contributed by atoms with van der Waals surface area (Å²) in [6.45, 7) is 9.59. The largest absolute Gasteiger partial charge is 0.493 e. The van der Waals surface area contributed by atoms with Gasteiger partial charge < -0.3 is 4.74 Å². The quantitative estimate of drug-likeness (QED) is 0.743. The maximum Gasteiger partial charge on any atom is 0.122 e. The Balaban J connectivity index is 2.60. The summed E-state index contributed by atoms with van der Waals surface area (Å²) in [5, 5.41) is 0.975. The second kappa shape index (κ2) is 5.72. The summed E-state index contributed by atoms with van der Waals surface area (Å²) >= 11 is 3.56. The number of hydrogen-bond donors (Lipinski definition) is 0. The highest BCUT2D eigenvalue weighted by molar-refractivity contribution is 9.09. The molecule has 16 heavy (non-hydrogen) atoms. The van der Waals surface area contributed by atoms with Gasteiger partial charge in [0.1, 0.15) is 5.75 Å². The molecule has 0 N–H and O–H groups in total. The molecule has 1 unspecified atom stereocenters. The summed E-state index contributed by atoms with van der Waals surface area (Å²) in [6, 6.07) is 8.16. The van der Waals surface area contributed by atoms with Crippen molar-refractivity contribution in [1.82, 2.24) is 0 Å². The minimum atomic E-state index is 0.270. The Morgan fingerprint density at radius 1 is 1.25 bits per heavy atom. The van der Waals surface area contributed by atoms with Crippen molar-refractivity contribution in [3.8, 4) is 5.75 Å². The van der Waals surface area contributed by atoms with Crippen LogP contribution in [0.4, 0.5) is 0 Å². The highest BCUT2D eigenvalue weighted by atomic mass is 79.9. The number of benzene rings is 1. The Bertz CT molecular complexity index is 328. The lowest BCUT2D eigenvalue weighted by molar-refractivity contribution is 0.165. The van der Waals surface area contributed by atoms with Crippen LogP contribution >= 0.6 is 15.9 Å². The molecule has 1 aromatic carbocycles. The SMILES string of the molecule is Cc1ccccc1OCC(CBr)C(C)(C)C. The van der Waals surface area contributed by atoms with Gasteiger partial charge in [-0.05, 0) is 24.0 Å². The van der Waals surface area contributed by atoms with Gasteiger partial charge in [-0.25, -0.2) is 0 Å². The maximum absolute atomic E-state index is 5.89. The lowest BCUT2D eigenvalue weighted by atomic mass is 9.83. The second-order valence-electron chi connectivity index (χ2n) is 5.29. The van der Waals surface area contributed by atoms with Crippen LogP contribution in [0.5, 0.6) is 5.75 Å². The van der Waals surface area contributed by atoms with Crippen LogP contribution < -0.4 is 4.74 Å². The summed E-state index contributed by atoms with van der Waals surface area (Å²) < 4.78 is 5.89. The third kappa shape index (κ3) is 3.82. The molecular formula is C14H21BrO. The molecule has 0 saturated heterocycles. The first-order valence-corrected chi connectivity index (χ1v) is 6.81. The Kier molecular flexibility index (Phi) is 4.85. The molecule has 0 fully saturated rings. The molecule has 0 amide bonds. The molecule has 0 heterocycles. The number of hydrogen-bond acceptors (Lipinski definition) is 1. The number of alkyl halides is 1. The van der Waals surface area contributed by atoms with Crippen LogP contribution in [0.3, 0.4) is 0 Å². The number of aryl methyl sites for hydroxylation is 1. The van der Waals surface area contributed by atoms with Gasteiger partial charge >= 0.3 is 0 Å². The molecule has 0 aromatic heterocycles. The molecule has 2 heteroatoms. The van der Waals surface area contributed by atoms with Crippen molar-refractivity contribution in [2.45, 2.75) is 27.7 Å². The monoisotopic (exact) mass is 284 g/mol. The third-order valence-electron chi connectivity index (χ3n) is 2.94. The zero-order chi connectivity index (χ0) is 12.2. The first kappa shape index (κ1) is 13.6. The van der Waals surface area contributed by atoms with E-state index in [1.165, 1.54) is 5.56 Å². The second-order valence-corrected chi connectivity index (χ2v) is 5.94. The maximum atomic E-state index is 5.89. The van der Waals surface area contributed by atoms with Crippen molar-refractivity contribution in [3.63, 3.8) is 0 Å².